The molecule has 3 heterocycles. The summed E-state index contributed by atoms with van der Waals surface area (Å²) in [6.07, 6.45) is 0. The summed E-state index contributed by atoms with van der Waals surface area (Å²) in [7, 11) is 1.23. The zero-order valence-corrected chi connectivity index (χ0v) is 12.0. The highest BCUT2D eigenvalue weighted by Crippen LogP contribution is 2.23. The normalized spacial score (nSPS) is 18.0. The number of H-pyrrole nitrogens is 3. The van der Waals surface area contributed by atoms with E-state index in [0.29, 0.717) is 6.61 Å². The predicted molar refractivity (Wildman–Crippen MR) is 73.0 cm³/mol. The lowest BCUT2D eigenvalue weighted by Gasteiger charge is -2.33. The molecule has 3 rings (SSSR count). The van der Waals surface area contributed by atoms with Gasteiger partial charge in [-0.2, -0.15) is 5.21 Å². The molecule has 1 fully saturated rings. The topological polar surface area (TPSA) is 159 Å². The van der Waals surface area contributed by atoms with Crippen LogP contribution in [0.2, 0.25) is 0 Å². The Balaban J connectivity index is 2.01. The van der Waals surface area contributed by atoms with E-state index in [4.69, 9.17) is 9.47 Å². The zero-order chi connectivity index (χ0) is 16.4. The van der Waals surface area contributed by atoms with Crippen molar-refractivity contribution >= 4 is 5.91 Å². The molecular formula is C11H13N7O5. The molecule has 2 aromatic rings. The van der Waals surface area contributed by atoms with Crippen molar-refractivity contribution < 1.29 is 14.3 Å². The number of carbonyl (C=O) groups excluding carboxylic acids is 1. The summed E-state index contributed by atoms with van der Waals surface area (Å²) in [6.45, 7) is 0.701. The van der Waals surface area contributed by atoms with Gasteiger partial charge < -0.3 is 14.4 Å². The first-order valence-electron chi connectivity index (χ1n) is 6.64. The first-order chi connectivity index (χ1) is 11.1. The van der Waals surface area contributed by atoms with Gasteiger partial charge in [0.1, 0.15) is 6.04 Å². The van der Waals surface area contributed by atoms with Gasteiger partial charge in [0.2, 0.25) is 5.75 Å². The maximum Gasteiger partial charge on any atom is 0.326 e. The fraction of sp³-hybridized carbons (Fsp3) is 0.455. The summed E-state index contributed by atoms with van der Waals surface area (Å²) in [5, 5.41) is 13.5. The van der Waals surface area contributed by atoms with Gasteiger partial charge in [-0.1, -0.05) is 5.21 Å². The molecule has 1 amide bonds. The number of aromatic amines is 3. The van der Waals surface area contributed by atoms with Gasteiger partial charge >= 0.3 is 5.69 Å². The van der Waals surface area contributed by atoms with Crippen LogP contribution in [0.1, 0.15) is 22.4 Å². The number of hydrogen-bond donors (Lipinski definition) is 3. The fourth-order valence-electron chi connectivity index (χ4n) is 2.34. The number of nitrogens with one attached hydrogen (secondary N) is 3. The van der Waals surface area contributed by atoms with Crippen LogP contribution in [-0.2, 0) is 4.74 Å². The van der Waals surface area contributed by atoms with Crippen LogP contribution in [0.25, 0.3) is 0 Å². The van der Waals surface area contributed by atoms with E-state index in [0.717, 1.165) is 0 Å². The van der Waals surface area contributed by atoms with E-state index in [9.17, 15) is 14.4 Å². The van der Waals surface area contributed by atoms with Crippen molar-refractivity contribution in [3.63, 3.8) is 0 Å². The van der Waals surface area contributed by atoms with E-state index >= 15 is 0 Å². The number of methoxy groups -OCH3 is 1. The molecule has 23 heavy (non-hydrogen) atoms. The second kappa shape index (κ2) is 6.00. The second-order valence-corrected chi connectivity index (χ2v) is 4.68. The van der Waals surface area contributed by atoms with Crippen LogP contribution in [0.5, 0.6) is 5.75 Å². The van der Waals surface area contributed by atoms with Gasteiger partial charge in [-0.25, -0.2) is 4.79 Å². The number of carbonyl (C=O) groups is 1. The summed E-state index contributed by atoms with van der Waals surface area (Å²) >= 11 is 0. The Morgan fingerprint density at radius 1 is 1.39 bits per heavy atom. The average Bonchev–Trinajstić information content (AvgIpc) is 3.08. The number of morpholine rings is 1. The Hall–Kier alpha value is -3.02. The number of aromatic nitrogens is 6. The largest absolute Gasteiger partial charge is 0.489 e. The Kier molecular flexibility index (Phi) is 3.89. The lowest BCUT2D eigenvalue weighted by Crippen LogP contribution is -2.45. The van der Waals surface area contributed by atoms with Crippen molar-refractivity contribution in [2.24, 2.45) is 0 Å². The highest BCUT2D eigenvalue weighted by molar-refractivity contribution is 5.95. The van der Waals surface area contributed by atoms with Crippen molar-refractivity contribution in [2.75, 3.05) is 26.9 Å². The molecular weight excluding hydrogens is 310 g/mol. The zero-order valence-electron chi connectivity index (χ0n) is 12.0. The van der Waals surface area contributed by atoms with Crippen LogP contribution in [-0.4, -0.2) is 68.3 Å². The molecule has 0 spiro atoms. The maximum atomic E-state index is 12.8. The van der Waals surface area contributed by atoms with Crippen LogP contribution in [0.3, 0.4) is 0 Å². The summed E-state index contributed by atoms with van der Waals surface area (Å²) < 4.78 is 10.3. The van der Waals surface area contributed by atoms with E-state index < -0.39 is 23.2 Å². The minimum absolute atomic E-state index is 0.168. The molecule has 0 radical (unpaired) electrons. The molecule has 122 valence electrons. The third-order valence-electron chi connectivity index (χ3n) is 3.37. The van der Waals surface area contributed by atoms with Gasteiger partial charge in [-0.05, 0) is 0 Å². The minimum Gasteiger partial charge on any atom is -0.489 e. The molecule has 12 heteroatoms. The third-order valence-corrected chi connectivity index (χ3v) is 3.37. The first-order valence-corrected chi connectivity index (χ1v) is 6.64. The lowest BCUT2D eigenvalue weighted by atomic mass is 10.2. The lowest BCUT2D eigenvalue weighted by molar-refractivity contribution is -0.00571. The Morgan fingerprint density at radius 2 is 2.22 bits per heavy atom. The maximum absolute atomic E-state index is 12.8. The molecule has 0 aliphatic carbocycles. The molecule has 2 aromatic heterocycles. The molecule has 1 aliphatic heterocycles. The minimum atomic E-state index is -0.802. The van der Waals surface area contributed by atoms with Gasteiger partial charge in [0.05, 0.1) is 20.3 Å². The van der Waals surface area contributed by atoms with Crippen molar-refractivity contribution in [1.29, 1.82) is 0 Å². The van der Waals surface area contributed by atoms with Crippen LogP contribution in [0, 0.1) is 0 Å². The fourth-order valence-corrected chi connectivity index (χ4v) is 2.34. The monoisotopic (exact) mass is 323 g/mol. The number of hydrogen-bond acceptors (Lipinski definition) is 8. The van der Waals surface area contributed by atoms with Gasteiger partial charge in [0, 0.05) is 6.54 Å². The third kappa shape index (κ3) is 2.70. The second-order valence-electron chi connectivity index (χ2n) is 4.68. The summed E-state index contributed by atoms with van der Waals surface area (Å²) in [5.41, 5.74) is -1.83. The standard InChI is InChI=1S/C11H13N7O5/c1-22-7-6(12-11(21)13-9(7)19)10(20)18-2-3-23-4-5(18)8-14-16-17-15-8/h5H,2-4H2,1H3,(H2,12,13,19,21)(H,14,15,16,17). The number of nitrogens with zero attached hydrogens (tertiary/aromatic N) is 4. The number of ether oxygens (including phenoxy) is 2. The van der Waals surface area contributed by atoms with Crippen molar-refractivity contribution in [3.05, 3.63) is 32.4 Å². The van der Waals surface area contributed by atoms with E-state index in [1.54, 1.807) is 0 Å². The SMILES string of the molecule is COc1c(C(=O)N2CCOCC2c2nn[nH]n2)[nH]c(=O)[nH]c1=O. The van der Waals surface area contributed by atoms with Crippen LogP contribution >= 0.6 is 0 Å². The molecule has 12 nitrogen and oxygen atoms in total. The van der Waals surface area contributed by atoms with E-state index in [1.807, 2.05) is 4.98 Å². The Morgan fingerprint density at radius 3 is 2.91 bits per heavy atom. The molecule has 1 saturated heterocycles. The molecule has 1 atom stereocenters. The summed E-state index contributed by atoms with van der Waals surface area (Å²) in [6, 6.07) is -0.595. The summed E-state index contributed by atoms with van der Waals surface area (Å²) in [5.74, 6) is -0.597. The quantitative estimate of drug-likeness (QED) is 0.573. The Labute approximate surface area is 127 Å². The smallest absolute Gasteiger partial charge is 0.326 e. The van der Waals surface area contributed by atoms with Crippen LogP contribution in [0.4, 0.5) is 0 Å². The van der Waals surface area contributed by atoms with Crippen molar-refractivity contribution in [2.45, 2.75) is 6.04 Å². The van der Waals surface area contributed by atoms with Crippen molar-refractivity contribution in [1.82, 2.24) is 35.5 Å². The van der Waals surface area contributed by atoms with Crippen LogP contribution < -0.4 is 16.0 Å². The molecule has 0 bridgehead atoms. The summed E-state index contributed by atoms with van der Waals surface area (Å²) in [4.78, 5) is 41.7. The number of amides is 1. The van der Waals surface area contributed by atoms with Gasteiger partial charge in [0.15, 0.2) is 11.5 Å². The van der Waals surface area contributed by atoms with Gasteiger partial charge in [-0.15, -0.1) is 10.2 Å². The van der Waals surface area contributed by atoms with Crippen molar-refractivity contribution in [3.8, 4) is 5.75 Å². The molecule has 1 unspecified atom stereocenters. The molecule has 1 aliphatic rings. The average molecular weight is 323 g/mol. The molecule has 0 saturated carbocycles. The number of tetrazole rings is 1. The van der Waals surface area contributed by atoms with Crippen LogP contribution in [0.15, 0.2) is 9.59 Å². The molecule has 0 aromatic carbocycles. The highest BCUT2D eigenvalue weighted by atomic mass is 16.5. The number of rotatable bonds is 3. The predicted octanol–water partition coefficient (Wildman–Crippen LogP) is -2.20. The van der Waals surface area contributed by atoms with E-state index in [1.165, 1.54) is 12.0 Å². The van der Waals surface area contributed by atoms with E-state index in [-0.39, 0.29) is 30.4 Å². The van der Waals surface area contributed by atoms with E-state index in [2.05, 4.69) is 25.6 Å². The van der Waals surface area contributed by atoms with Gasteiger partial charge in [0.25, 0.3) is 11.5 Å². The first kappa shape index (κ1) is 14.9. The van der Waals surface area contributed by atoms with Gasteiger partial charge in [-0.3, -0.25) is 19.6 Å². The molecule has 3 N–H and O–H groups in total. The Bertz CT molecular complexity index is 811. The highest BCUT2D eigenvalue weighted by Gasteiger charge is 2.34.